The molecule has 0 aliphatic carbocycles. The van der Waals surface area contributed by atoms with Gasteiger partial charge in [0.05, 0.1) is 0 Å². The summed E-state index contributed by atoms with van der Waals surface area (Å²) in [5.74, 6) is 0.709. The zero-order valence-electron chi connectivity index (χ0n) is 7.28. The highest BCUT2D eigenvalue weighted by atomic mass is 15.2. The molecule has 4 heteroatoms. The Balaban J connectivity index is 2.59. The topological polar surface area (TPSA) is 67.6 Å². The number of benzene rings is 1. The Morgan fingerprint density at radius 2 is 2.23 bits per heavy atom. The van der Waals surface area contributed by atoms with Crippen LogP contribution in [0.25, 0.3) is 11.4 Å². The maximum absolute atomic E-state index is 5.89. The van der Waals surface area contributed by atoms with Crippen LogP contribution in [-0.4, -0.2) is 15.2 Å². The van der Waals surface area contributed by atoms with Crippen LogP contribution in [0, 0.1) is 6.92 Å². The van der Waals surface area contributed by atoms with E-state index in [1.807, 2.05) is 25.1 Å². The smallest absolute Gasteiger partial charge is 0.157 e. The Hall–Kier alpha value is -1.84. The molecule has 2 aromatic rings. The number of aromatic amines is 1. The number of nitrogens with one attached hydrogen (secondary N) is 1. The molecule has 0 aliphatic heterocycles. The van der Waals surface area contributed by atoms with E-state index in [4.69, 9.17) is 5.73 Å². The van der Waals surface area contributed by atoms with Gasteiger partial charge in [0.1, 0.15) is 6.33 Å². The highest BCUT2D eigenvalue weighted by Gasteiger charge is 2.05. The van der Waals surface area contributed by atoms with Gasteiger partial charge in [-0.3, -0.25) is 5.10 Å². The molecule has 66 valence electrons. The molecule has 2 rings (SSSR count). The van der Waals surface area contributed by atoms with Gasteiger partial charge >= 0.3 is 0 Å². The Labute approximate surface area is 75.8 Å². The molecule has 0 unspecified atom stereocenters. The van der Waals surface area contributed by atoms with E-state index in [9.17, 15) is 0 Å². The number of hydrogen-bond donors (Lipinski definition) is 2. The van der Waals surface area contributed by atoms with Crippen LogP contribution in [0.3, 0.4) is 0 Å². The molecule has 1 heterocycles. The van der Waals surface area contributed by atoms with Crippen molar-refractivity contribution in [1.82, 2.24) is 15.2 Å². The fourth-order valence-electron chi connectivity index (χ4n) is 1.22. The highest BCUT2D eigenvalue weighted by molar-refractivity contribution is 5.73. The summed E-state index contributed by atoms with van der Waals surface area (Å²) in [5.41, 5.74) is 8.59. The number of anilines is 1. The first-order valence-corrected chi connectivity index (χ1v) is 4.00. The lowest BCUT2D eigenvalue weighted by Gasteiger charge is -2.04. The van der Waals surface area contributed by atoms with Crippen molar-refractivity contribution >= 4 is 5.69 Å². The van der Waals surface area contributed by atoms with E-state index in [2.05, 4.69) is 15.2 Å². The van der Waals surface area contributed by atoms with Crippen molar-refractivity contribution in [3.05, 3.63) is 30.1 Å². The first-order chi connectivity index (χ1) is 6.29. The first-order valence-electron chi connectivity index (χ1n) is 4.00. The van der Waals surface area contributed by atoms with Crippen LogP contribution >= 0.6 is 0 Å². The summed E-state index contributed by atoms with van der Waals surface area (Å²) in [6.45, 7) is 1.97. The normalized spacial score (nSPS) is 10.2. The third-order valence-electron chi connectivity index (χ3n) is 1.99. The van der Waals surface area contributed by atoms with Crippen LogP contribution in [0.15, 0.2) is 24.5 Å². The second-order valence-corrected chi connectivity index (χ2v) is 2.87. The molecule has 0 aliphatic rings. The molecule has 0 fully saturated rings. The monoisotopic (exact) mass is 174 g/mol. The molecular weight excluding hydrogens is 164 g/mol. The number of nitrogens with two attached hydrogens (primary N) is 1. The molecule has 0 amide bonds. The summed E-state index contributed by atoms with van der Waals surface area (Å²) < 4.78 is 0. The number of hydrogen-bond acceptors (Lipinski definition) is 3. The summed E-state index contributed by atoms with van der Waals surface area (Å²) in [7, 11) is 0. The van der Waals surface area contributed by atoms with Crippen LogP contribution in [0.5, 0.6) is 0 Å². The van der Waals surface area contributed by atoms with Gasteiger partial charge in [-0.1, -0.05) is 12.1 Å². The standard InChI is InChI=1S/C9H10N4/c1-6-3-2-4-7(8(6)10)9-11-5-12-13-9/h2-5H,10H2,1H3,(H,11,12,13). The molecule has 4 nitrogen and oxygen atoms in total. The van der Waals surface area contributed by atoms with Gasteiger partial charge in [0, 0.05) is 11.3 Å². The number of para-hydroxylation sites is 1. The number of aromatic nitrogens is 3. The van der Waals surface area contributed by atoms with Gasteiger partial charge in [-0.2, -0.15) is 5.10 Å². The average Bonchev–Trinajstić information content (AvgIpc) is 2.62. The Kier molecular flexibility index (Phi) is 1.73. The van der Waals surface area contributed by atoms with Crippen LogP contribution in [0.4, 0.5) is 5.69 Å². The zero-order valence-corrected chi connectivity index (χ0v) is 7.28. The number of nitrogens with zero attached hydrogens (tertiary/aromatic N) is 2. The summed E-state index contributed by atoms with van der Waals surface area (Å²) in [4.78, 5) is 4.04. The summed E-state index contributed by atoms with van der Waals surface area (Å²) in [5, 5.41) is 6.56. The fraction of sp³-hybridized carbons (Fsp3) is 0.111. The molecule has 0 bridgehead atoms. The second-order valence-electron chi connectivity index (χ2n) is 2.87. The van der Waals surface area contributed by atoms with Crippen molar-refractivity contribution in [3.63, 3.8) is 0 Å². The minimum Gasteiger partial charge on any atom is -0.398 e. The average molecular weight is 174 g/mol. The maximum atomic E-state index is 5.89. The quantitative estimate of drug-likeness (QED) is 0.641. The number of rotatable bonds is 1. The Morgan fingerprint density at radius 1 is 1.38 bits per heavy atom. The van der Waals surface area contributed by atoms with Gasteiger partial charge in [-0.25, -0.2) is 4.98 Å². The van der Waals surface area contributed by atoms with Crippen molar-refractivity contribution in [3.8, 4) is 11.4 Å². The van der Waals surface area contributed by atoms with E-state index in [0.717, 1.165) is 16.8 Å². The van der Waals surface area contributed by atoms with E-state index in [-0.39, 0.29) is 0 Å². The van der Waals surface area contributed by atoms with Crippen molar-refractivity contribution < 1.29 is 0 Å². The van der Waals surface area contributed by atoms with Gasteiger partial charge in [0.15, 0.2) is 5.82 Å². The van der Waals surface area contributed by atoms with Crippen LogP contribution < -0.4 is 5.73 Å². The van der Waals surface area contributed by atoms with Crippen LogP contribution in [0.1, 0.15) is 5.56 Å². The van der Waals surface area contributed by atoms with Gasteiger partial charge in [-0.15, -0.1) is 0 Å². The van der Waals surface area contributed by atoms with Crippen LogP contribution in [0.2, 0.25) is 0 Å². The van der Waals surface area contributed by atoms with Gasteiger partial charge in [0.25, 0.3) is 0 Å². The largest absolute Gasteiger partial charge is 0.398 e. The number of H-pyrrole nitrogens is 1. The lowest BCUT2D eigenvalue weighted by molar-refractivity contribution is 1.10. The predicted molar refractivity (Wildman–Crippen MR) is 51.0 cm³/mol. The van der Waals surface area contributed by atoms with E-state index < -0.39 is 0 Å². The lowest BCUT2D eigenvalue weighted by Crippen LogP contribution is -1.94. The van der Waals surface area contributed by atoms with Crippen LogP contribution in [-0.2, 0) is 0 Å². The van der Waals surface area contributed by atoms with Gasteiger partial charge < -0.3 is 5.73 Å². The van der Waals surface area contributed by atoms with E-state index in [1.54, 1.807) is 0 Å². The van der Waals surface area contributed by atoms with Gasteiger partial charge in [-0.05, 0) is 18.6 Å². The third kappa shape index (κ3) is 1.26. The molecule has 0 saturated heterocycles. The third-order valence-corrected chi connectivity index (χ3v) is 1.99. The van der Waals surface area contributed by atoms with E-state index in [1.165, 1.54) is 6.33 Å². The zero-order chi connectivity index (χ0) is 9.26. The van der Waals surface area contributed by atoms with Crippen molar-refractivity contribution in [2.45, 2.75) is 6.92 Å². The van der Waals surface area contributed by atoms with E-state index in [0.29, 0.717) is 5.82 Å². The Morgan fingerprint density at radius 3 is 2.92 bits per heavy atom. The molecule has 0 atom stereocenters. The maximum Gasteiger partial charge on any atom is 0.157 e. The Bertz CT molecular complexity index is 406. The highest BCUT2D eigenvalue weighted by Crippen LogP contribution is 2.24. The summed E-state index contributed by atoms with van der Waals surface area (Å²) in [6.07, 6.45) is 1.47. The molecule has 13 heavy (non-hydrogen) atoms. The van der Waals surface area contributed by atoms with Crippen molar-refractivity contribution in [2.75, 3.05) is 5.73 Å². The number of nitrogen functional groups attached to an aromatic ring is 1. The SMILES string of the molecule is Cc1cccc(-c2ncn[nH]2)c1N. The second kappa shape index (κ2) is 2.90. The molecule has 0 spiro atoms. The fourth-order valence-corrected chi connectivity index (χ4v) is 1.22. The molecule has 3 N–H and O–H groups in total. The molecule has 0 radical (unpaired) electrons. The molecule has 0 saturated carbocycles. The minimum absolute atomic E-state index is 0.709. The van der Waals surface area contributed by atoms with Crippen molar-refractivity contribution in [1.29, 1.82) is 0 Å². The number of aryl methyl sites for hydroxylation is 1. The summed E-state index contributed by atoms with van der Waals surface area (Å²) >= 11 is 0. The molecule has 1 aromatic carbocycles. The molecular formula is C9H10N4. The summed E-state index contributed by atoms with van der Waals surface area (Å²) in [6, 6.07) is 5.83. The predicted octanol–water partition coefficient (Wildman–Crippen LogP) is 1.36. The first kappa shape index (κ1) is 7.79. The van der Waals surface area contributed by atoms with Gasteiger partial charge in [0.2, 0.25) is 0 Å². The molecule has 1 aromatic heterocycles. The van der Waals surface area contributed by atoms with Crippen molar-refractivity contribution in [2.24, 2.45) is 0 Å². The lowest BCUT2D eigenvalue weighted by atomic mass is 10.1. The minimum atomic E-state index is 0.709. The van der Waals surface area contributed by atoms with E-state index >= 15 is 0 Å².